The van der Waals surface area contributed by atoms with Crippen molar-refractivity contribution in [3.63, 3.8) is 0 Å². The third-order valence-electron chi connectivity index (χ3n) is 5.16. The number of methoxy groups -OCH3 is 1. The van der Waals surface area contributed by atoms with Crippen LogP contribution in [0, 0.1) is 0 Å². The van der Waals surface area contributed by atoms with E-state index in [0.717, 1.165) is 42.6 Å². The second kappa shape index (κ2) is 8.73. The number of allylic oxidation sites excluding steroid dienone is 1. The zero-order chi connectivity index (χ0) is 19.4. The van der Waals surface area contributed by atoms with Gasteiger partial charge in [-0.05, 0) is 48.6 Å². The van der Waals surface area contributed by atoms with Crippen molar-refractivity contribution in [3.8, 4) is 0 Å². The van der Waals surface area contributed by atoms with Crippen LogP contribution in [0.5, 0.6) is 0 Å². The first kappa shape index (κ1) is 20.3. The van der Waals surface area contributed by atoms with E-state index < -0.39 is 15.1 Å². The van der Waals surface area contributed by atoms with Gasteiger partial charge in [0, 0.05) is 7.11 Å². The molecule has 150 valence electrons. The largest absolute Gasteiger partial charge is 0.459 e. The van der Waals surface area contributed by atoms with Gasteiger partial charge in [0.1, 0.15) is 23.4 Å². The van der Waals surface area contributed by atoms with Crippen molar-refractivity contribution >= 4 is 15.9 Å². The zero-order valence-corrected chi connectivity index (χ0v) is 16.8. The number of fused-ring (bicyclic) bond motifs is 1. The van der Waals surface area contributed by atoms with E-state index in [1.165, 1.54) is 5.57 Å². The molecule has 2 aliphatic heterocycles. The fraction of sp³-hybridized carbons (Fsp3) is 0.600. The van der Waals surface area contributed by atoms with E-state index in [4.69, 9.17) is 19.0 Å². The van der Waals surface area contributed by atoms with Crippen LogP contribution in [-0.2, 0) is 25.9 Å². The molecule has 0 bridgehead atoms. The third-order valence-corrected chi connectivity index (χ3v) is 7.17. The molecule has 1 N–H and O–H groups in total. The summed E-state index contributed by atoms with van der Waals surface area (Å²) in [6.07, 6.45) is 5.36. The summed E-state index contributed by atoms with van der Waals surface area (Å²) in [6, 6.07) is 3.62. The molecule has 0 aliphatic carbocycles. The Balaban J connectivity index is 1.72. The minimum atomic E-state index is -3.16. The van der Waals surface area contributed by atoms with E-state index in [2.05, 4.69) is 6.92 Å². The molecule has 3 heterocycles. The van der Waals surface area contributed by atoms with Crippen molar-refractivity contribution in [2.45, 2.75) is 50.6 Å². The van der Waals surface area contributed by atoms with Crippen LogP contribution in [-0.4, -0.2) is 51.0 Å². The van der Waals surface area contributed by atoms with Crippen molar-refractivity contribution in [2.24, 2.45) is 0 Å². The summed E-state index contributed by atoms with van der Waals surface area (Å²) in [5.41, 5.74) is 3.02. The maximum atomic E-state index is 12.4. The van der Waals surface area contributed by atoms with Crippen LogP contribution in [0.3, 0.4) is 0 Å². The Kier molecular flexibility index (Phi) is 6.57. The number of aliphatic hydroxyl groups is 1. The van der Waals surface area contributed by atoms with Gasteiger partial charge in [-0.1, -0.05) is 18.9 Å². The number of hydrogen-bond acceptors (Lipinski definition) is 6. The summed E-state index contributed by atoms with van der Waals surface area (Å²) in [6.45, 7) is 2.61. The second-order valence-electron chi connectivity index (χ2n) is 7.16. The Labute approximate surface area is 160 Å². The van der Waals surface area contributed by atoms with E-state index in [9.17, 15) is 8.42 Å². The maximum absolute atomic E-state index is 12.4. The molecule has 7 heteroatoms. The summed E-state index contributed by atoms with van der Waals surface area (Å²) in [4.78, 5) is 0. The first-order valence-electron chi connectivity index (χ1n) is 9.41. The summed E-state index contributed by atoms with van der Waals surface area (Å²) in [5, 5.41) is 8.64. The van der Waals surface area contributed by atoms with Gasteiger partial charge >= 0.3 is 0 Å². The number of sulfone groups is 1. The van der Waals surface area contributed by atoms with Crippen molar-refractivity contribution < 1.29 is 27.4 Å². The lowest BCUT2D eigenvalue weighted by Crippen LogP contribution is -2.19. The number of furan rings is 1. The summed E-state index contributed by atoms with van der Waals surface area (Å²) in [5.74, 6) is 1.37. The minimum absolute atomic E-state index is 0.0920. The van der Waals surface area contributed by atoms with Gasteiger partial charge in [-0.15, -0.1) is 0 Å². The van der Waals surface area contributed by atoms with Gasteiger partial charge in [0.15, 0.2) is 9.84 Å². The molecule has 0 amide bonds. The third kappa shape index (κ3) is 4.54. The van der Waals surface area contributed by atoms with Gasteiger partial charge in [0.25, 0.3) is 0 Å². The number of hydrogen-bond donors (Lipinski definition) is 1. The predicted molar refractivity (Wildman–Crippen MR) is 103 cm³/mol. The molecule has 1 saturated heterocycles. The van der Waals surface area contributed by atoms with Gasteiger partial charge in [0.05, 0.1) is 25.1 Å². The molecule has 1 aromatic heterocycles. The molecule has 1 aromatic rings. The Morgan fingerprint density at radius 1 is 1.37 bits per heavy atom. The van der Waals surface area contributed by atoms with Gasteiger partial charge < -0.3 is 19.0 Å². The van der Waals surface area contributed by atoms with Crippen molar-refractivity contribution in [1.29, 1.82) is 0 Å². The van der Waals surface area contributed by atoms with Crippen molar-refractivity contribution in [1.82, 2.24) is 0 Å². The molecule has 0 aromatic carbocycles. The molecule has 3 rings (SSSR count). The molecule has 2 aliphatic rings. The predicted octanol–water partition coefficient (Wildman–Crippen LogP) is 2.87. The van der Waals surface area contributed by atoms with Crippen LogP contribution in [0.4, 0.5) is 0 Å². The van der Waals surface area contributed by atoms with E-state index in [1.54, 1.807) is 13.2 Å². The fourth-order valence-corrected chi connectivity index (χ4v) is 5.90. The van der Waals surface area contributed by atoms with E-state index >= 15 is 0 Å². The minimum Gasteiger partial charge on any atom is -0.459 e. The Morgan fingerprint density at radius 2 is 2.19 bits per heavy atom. The zero-order valence-electron chi connectivity index (χ0n) is 15.9. The second-order valence-corrected chi connectivity index (χ2v) is 9.35. The smallest absolute Gasteiger partial charge is 0.163 e. The van der Waals surface area contributed by atoms with Crippen LogP contribution < -0.4 is 0 Å². The topological polar surface area (TPSA) is 86.0 Å². The number of aliphatic hydroxyl groups excluding tert-OH is 1. The molecule has 6 nitrogen and oxygen atoms in total. The lowest BCUT2D eigenvalue weighted by atomic mass is 9.96. The fourth-order valence-electron chi connectivity index (χ4n) is 3.97. The molecule has 0 saturated carbocycles. The monoisotopic (exact) mass is 396 g/mol. The highest BCUT2D eigenvalue weighted by Gasteiger charge is 2.46. The number of ether oxygens (including phenoxy) is 2. The van der Waals surface area contributed by atoms with Gasteiger partial charge in [-0.3, -0.25) is 0 Å². The summed E-state index contributed by atoms with van der Waals surface area (Å²) in [7, 11) is -1.57. The first-order valence-corrected chi connectivity index (χ1v) is 11.1. The van der Waals surface area contributed by atoms with Crippen LogP contribution in [0.1, 0.15) is 44.1 Å². The first-order chi connectivity index (χ1) is 13.0. The standard InChI is InChI=1S/C20H28O6S/c1-3-4-14(9-16-6-7-17(10-21)26-16)5-8-18-20-15(11-24-2)13-27(22,23)19(20)12-25-18/h6-7,9,18-19,21H,3-5,8,10-13H2,1-2H3/b14-9+/t18-,19+/m1/s1. The quantitative estimate of drug-likeness (QED) is 0.646. The van der Waals surface area contributed by atoms with E-state index in [0.29, 0.717) is 12.4 Å². The van der Waals surface area contributed by atoms with Gasteiger partial charge in [0.2, 0.25) is 0 Å². The molecular formula is C20H28O6S. The Hall–Kier alpha value is -1.41. The van der Waals surface area contributed by atoms with Crippen LogP contribution in [0.15, 0.2) is 33.3 Å². The maximum Gasteiger partial charge on any atom is 0.163 e. The molecule has 0 radical (unpaired) electrons. The molecule has 0 spiro atoms. The Bertz CT molecular complexity index is 817. The molecule has 0 unspecified atom stereocenters. The molecule has 27 heavy (non-hydrogen) atoms. The van der Waals surface area contributed by atoms with Crippen LogP contribution in [0.25, 0.3) is 6.08 Å². The van der Waals surface area contributed by atoms with Crippen LogP contribution in [0.2, 0.25) is 0 Å². The van der Waals surface area contributed by atoms with E-state index in [-0.39, 0.29) is 25.1 Å². The summed E-state index contributed by atoms with van der Waals surface area (Å²) >= 11 is 0. The van der Waals surface area contributed by atoms with E-state index in [1.807, 2.05) is 12.1 Å². The average Bonchev–Trinajstić information content (AvgIpc) is 3.31. The highest BCUT2D eigenvalue weighted by atomic mass is 32.2. The van der Waals surface area contributed by atoms with Gasteiger partial charge in [-0.25, -0.2) is 8.42 Å². The summed E-state index contributed by atoms with van der Waals surface area (Å²) < 4.78 is 41.4. The van der Waals surface area contributed by atoms with Gasteiger partial charge in [-0.2, -0.15) is 0 Å². The SMILES string of the molecule is CCC/C(=C\c1ccc(CO)o1)CC[C@H]1OC[C@H]2C1=C(COC)CS2(=O)=O. The molecule has 2 atom stereocenters. The normalized spacial score (nSPS) is 24.6. The highest BCUT2D eigenvalue weighted by Crippen LogP contribution is 2.38. The Morgan fingerprint density at radius 3 is 2.85 bits per heavy atom. The molecular weight excluding hydrogens is 368 g/mol. The molecule has 1 fully saturated rings. The number of rotatable bonds is 9. The highest BCUT2D eigenvalue weighted by molar-refractivity contribution is 7.92. The average molecular weight is 397 g/mol. The lowest BCUT2D eigenvalue weighted by molar-refractivity contribution is 0.116. The van der Waals surface area contributed by atoms with Crippen LogP contribution >= 0.6 is 0 Å². The lowest BCUT2D eigenvalue weighted by Gasteiger charge is -2.15. The van der Waals surface area contributed by atoms with Crippen molar-refractivity contribution in [2.75, 3.05) is 26.1 Å². The van der Waals surface area contributed by atoms with Crippen molar-refractivity contribution in [3.05, 3.63) is 40.4 Å².